The molecular formula is C20H24O3. The highest BCUT2D eigenvalue weighted by Crippen LogP contribution is 2.25. The zero-order valence-corrected chi connectivity index (χ0v) is 14.1. The molecule has 0 saturated carbocycles. The van der Waals surface area contributed by atoms with E-state index in [9.17, 15) is 4.79 Å². The Balaban J connectivity index is 2.15. The van der Waals surface area contributed by atoms with Crippen LogP contribution in [0.1, 0.15) is 43.9 Å². The third-order valence-corrected chi connectivity index (χ3v) is 3.84. The Bertz CT molecular complexity index is 662. The quantitative estimate of drug-likeness (QED) is 0.533. The van der Waals surface area contributed by atoms with Crippen LogP contribution >= 0.6 is 0 Å². The predicted molar refractivity (Wildman–Crippen MR) is 92.3 cm³/mol. The van der Waals surface area contributed by atoms with Gasteiger partial charge < -0.3 is 9.47 Å². The van der Waals surface area contributed by atoms with Gasteiger partial charge in [-0.1, -0.05) is 57.5 Å². The topological polar surface area (TPSA) is 35.5 Å². The molecule has 0 heterocycles. The maximum absolute atomic E-state index is 12.2. The average Bonchev–Trinajstić information content (AvgIpc) is 2.56. The largest absolute Gasteiger partial charge is 0.519 e. The van der Waals surface area contributed by atoms with Crippen LogP contribution in [0.3, 0.4) is 0 Å². The van der Waals surface area contributed by atoms with E-state index in [4.69, 9.17) is 9.47 Å². The minimum atomic E-state index is -0.684. The number of rotatable bonds is 6. The summed E-state index contributed by atoms with van der Waals surface area (Å²) in [6, 6.07) is 13.4. The number of hydrogen-bond acceptors (Lipinski definition) is 3. The van der Waals surface area contributed by atoms with Crippen LogP contribution in [0.2, 0.25) is 0 Å². The monoisotopic (exact) mass is 312 g/mol. The fourth-order valence-electron chi connectivity index (χ4n) is 2.72. The Morgan fingerprint density at radius 1 is 0.826 bits per heavy atom. The van der Waals surface area contributed by atoms with Crippen molar-refractivity contribution in [3.8, 4) is 11.5 Å². The first kappa shape index (κ1) is 17.1. The normalized spacial score (nSPS) is 10.4. The number of para-hydroxylation sites is 1. The van der Waals surface area contributed by atoms with Crippen LogP contribution < -0.4 is 9.47 Å². The third-order valence-electron chi connectivity index (χ3n) is 3.84. The number of benzene rings is 2. The molecule has 0 aliphatic heterocycles. The highest BCUT2D eigenvalue weighted by Gasteiger charge is 2.14. The molecule has 2 rings (SSSR count). The molecule has 0 unspecified atom stereocenters. The molecule has 0 aromatic heterocycles. The Hall–Kier alpha value is -2.29. The maximum Gasteiger partial charge on any atom is 0.519 e. The minimum Gasteiger partial charge on any atom is -0.394 e. The van der Waals surface area contributed by atoms with Crippen molar-refractivity contribution in [1.82, 2.24) is 0 Å². The summed E-state index contributed by atoms with van der Waals surface area (Å²) in [5.41, 5.74) is 3.28. The first-order chi connectivity index (χ1) is 11.2. The van der Waals surface area contributed by atoms with Gasteiger partial charge in [-0.25, -0.2) is 4.79 Å². The molecular weight excluding hydrogens is 288 g/mol. The SMILES string of the molecule is CCCc1ccccc1OC(=O)Oc1cccc(CC)c1CC. The molecule has 0 aliphatic rings. The van der Waals surface area contributed by atoms with Gasteiger partial charge in [0.25, 0.3) is 0 Å². The van der Waals surface area contributed by atoms with Crippen LogP contribution in [-0.4, -0.2) is 6.16 Å². The molecule has 3 nitrogen and oxygen atoms in total. The average molecular weight is 312 g/mol. The second kappa shape index (κ2) is 8.37. The van der Waals surface area contributed by atoms with Gasteiger partial charge in [0.1, 0.15) is 11.5 Å². The fourth-order valence-corrected chi connectivity index (χ4v) is 2.72. The van der Waals surface area contributed by atoms with Crippen molar-refractivity contribution in [3.63, 3.8) is 0 Å². The fraction of sp³-hybridized carbons (Fsp3) is 0.350. The second-order valence-corrected chi connectivity index (χ2v) is 5.41. The highest BCUT2D eigenvalue weighted by molar-refractivity contribution is 5.68. The maximum atomic E-state index is 12.2. The number of aryl methyl sites for hydroxylation is 2. The van der Waals surface area contributed by atoms with E-state index in [-0.39, 0.29) is 0 Å². The molecule has 122 valence electrons. The summed E-state index contributed by atoms with van der Waals surface area (Å²) in [7, 11) is 0. The molecule has 0 spiro atoms. The number of carbonyl (C=O) groups is 1. The van der Waals surface area contributed by atoms with Gasteiger partial charge in [-0.15, -0.1) is 0 Å². The molecule has 23 heavy (non-hydrogen) atoms. The van der Waals surface area contributed by atoms with Gasteiger partial charge in [0.2, 0.25) is 0 Å². The third kappa shape index (κ3) is 4.35. The summed E-state index contributed by atoms with van der Waals surface area (Å²) in [5.74, 6) is 1.16. The molecule has 0 aliphatic carbocycles. The van der Waals surface area contributed by atoms with Crippen LogP contribution in [0.4, 0.5) is 4.79 Å². The van der Waals surface area contributed by atoms with E-state index in [2.05, 4.69) is 26.8 Å². The van der Waals surface area contributed by atoms with Crippen LogP contribution in [0, 0.1) is 0 Å². The van der Waals surface area contributed by atoms with Gasteiger partial charge in [0, 0.05) is 0 Å². The van der Waals surface area contributed by atoms with Crippen molar-refractivity contribution in [1.29, 1.82) is 0 Å². The van der Waals surface area contributed by atoms with E-state index in [1.807, 2.05) is 30.3 Å². The van der Waals surface area contributed by atoms with E-state index in [0.717, 1.165) is 36.8 Å². The molecule has 0 amide bonds. The zero-order chi connectivity index (χ0) is 16.7. The van der Waals surface area contributed by atoms with Crippen molar-refractivity contribution < 1.29 is 14.3 Å². The zero-order valence-electron chi connectivity index (χ0n) is 14.1. The van der Waals surface area contributed by atoms with E-state index >= 15 is 0 Å². The first-order valence-corrected chi connectivity index (χ1v) is 8.27. The molecule has 0 saturated heterocycles. The van der Waals surface area contributed by atoms with Crippen LogP contribution in [0.5, 0.6) is 11.5 Å². The van der Waals surface area contributed by atoms with Gasteiger partial charge in [0.15, 0.2) is 0 Å². The minimum absolute atomic E-state index is 0.573. The Kier molecular flexibility index (Phi) is 6.21. The summed E-state index contributed by atoms with van der Waals surface area (Å²) in [4.78, 5) is 12.2. The smallest absolute Gasteiger partial charge is 0.394 e. The summed E-state index contributed by atoms with van der Waals surface area (Å²) >= 11 is 0. The number of ether oxygens (including phenoxy) is 2. The second-order valence-electron chi connectivity index (χ2n) is 5.41. The molecule has 0 N–H and O–H groups in total. The lowest BCUT2D eigenvalue weighted by Gasteiger charge is -2.13. The Morgan fingerprint density at radius 2 is 1.48 bits per heavy atom. The molecule has 0 atom stereocenters. The first-order valence-electron chi connectivity index (χ1n) is 8.27. The van der Waals surface area contributed by atoms with Crippen molar-refractivity contribution in [2.24, 2.45) is 0 Å². The lowest BCUT2D eigenvalue weighted by Crippen LogP contribution is -2.16. The Labute approximate surface area is 138 Å². The molecule has 0 fully saturated rings. The summed E-state index contributed by atoms with van der Waals surface area (Å²) < 4.78 is 10.9. The number of carbonyl (C=O) groups excluding carboxylic acids is 1. The standard InChI is InChI=1S/C20H24O3/c1-4-10-16-11-7-8-13-18(16)22-20(21)23-19-14-9-12-15(5-2)17(19)6-3/h7-9,11-14H,4-6,10H2,1-3H3. The van der Waals surface area contributed by atoms with Crippen molar-refractivity contribution in [2.45, 2.75) is 46.5 Å². The lowest BCUT2D eigenvalue weighted by molar-refractivity contribution is 0.151. The Morgan fingerprint density at radius 3 is 2.17 bits per heavy atom. The lowest BCUT2D eigenvalue weighted by atomic mass is 10.0. The van der Waals surface area contributed by atoms with E-state index in [1.54, 1.807) is 6.07 Å². The van der Waals surface area contributed by atoms with Gasteiger partial charge >= 0.3 is 6.16 Å². The van der Waals surface area contributed by atoms with Crippen LogP contribution in [0.25, 0.3) is 0 Å². The summed E-state index contributed by atoms with van der Waals surface area (Å²) in [5, 5.41) is 0. The van der Waals surface area contributed by atoms with E-state index in [1.165, 1.54) is 5.56 Å². The summed E-state index contributed by atoms with van der Waals surface area (Å²) in [6.45, 7) is 6.25. The molecule has 2 aromatic carbocycles. The highest BCUT2D eigenvalue weighted by atomic mass is 16.7. The van der Waals surface area contributed by atoms with E-state index < -0.39 is 6.16 Å². The van der Waals surface area contributed by atoms with Crippen LogP contribution in [-0.2, 0) is 19.3 Å². The van der Waals surface area contributed by atoms with Crippen LogP contribution in [0.15, 0.2) is 42.5 Å². The van der Waals surface area contributed by atoms with Gasteiger partial charge in [-0.2, -0.15) is 0 Å². The molecule has 3 heteroatoms. The van der Waals surface area contributed by atoms with Crippen molar-refractivity contribution in [2.75, 3.05) is 0 Å². The van der Waals surface area contributed by atoms with E-state index in [0.29, 0.717) is 11.5 Å². The predicted octanol–water partition coefficient (Wildman–Crippen LogP) is 5.34. The van der Waals surface area contributed by atoms with Gasteiger partial charge in [-0.05, 0) is 48.1 Å². The van der Waals surface area contributed by atoms with Crippen molar-refractivity contribution in [3.05, 3.63) is 59.2 Å². The molecule has 2 aromatic rings. The summed E-state index contributed by atoms with van der Waals surface area (Å²) in [6.07, 6.45) is 2.91. The van der Waals surface area contributed by atoms with Gasteiger partial charge in [-0.3, -0.25) is 0 Å². The van der Waals surface area contributed by atoms with Crippen molar-refractivity contribution >= 4 is 6.16 Å². The number of hydrogen-bond donors (Lipinski definition) is 0. The molecule has 0 radical (unpaired) electrons. The van der Waals surface area contributed by atoms with Gasteiger partial charge in [0.05, 0.1) is 0 Å². The molecule has 0 bridgehead atoms.